The molecule has 0 aliphatic carbocycles. The number of methoxy groups -OCH3 is 1. The molecule has 1 heterocycles. The van der Waals surface area contributed by atoms with Crippen LogP contribution in [0.1, 0.15) is 36.6 Å². The molecule has 3 rings (SSSR count). The van der Waals surface area contributed by atoms with Gasteiger partial charge in [-0.05, 0) is 56.2 Å². The predicted molar refractivity (Wildman–Crippen MR) is 119 cm³/mol. The van der Waals surface area contributed by atoms with Gasteiger partial charge in [-0.15, -0.1) is 0 Å². The molecule has 158 valence electrons. The zero-order valence-corrected chi connectivity index (χ0v) is 18.4. The topological polar surface area (TPSA) is 68.8 Å². The first-order valence-corrected chi connectivity index (χ1v) is 10.2. The standard InChI is InChI=1S/C23H26N2O4S/c1-5-28-22(26)20-15(3)24-23(30)25-21(20)17-10-11-18(19(12-17)27-4)29-13-16-8-6-14(2)7-9-16/h6-12,21H,5,13H2,1-4H3,(H2,24,25,30)/t21-/m0/s1. The summed E-state index contributed by atoms with van der Waals surface area (Å²) < 4.78 is 16.8. The summed E-state index contributed by atoms with van der Waals surface area (Å²) in [4.78, 5) is 12.5. The lowest BCUT2D eigenvalue weighted by Crippen LogP contribution is -2.45. The van der Waals surface area contributed by atoms with Crippen LogP contribution in [0.15, 0.2) is 53.7 Å². The largest absolute Gasteiger partial charge is 0.493 e. The van der Waals surface area contributed by atoms with Gasteiger partial charge in [0.2, 0.25) is 0 Å². The highest BCUT2D eigenvalue weighted by Gasteiger charge is 2.31. The van der Waals surface area contributed by atoms with Crippen molar-refractivity contribution in [2.75, 3.05) is 13.7 Å². The van der Waals surface area contributed by atoms with Crippen molar-refractivity contribution in [3.63, 3.8) is 0 Å². The first-order chi connectivity index (χ1) is 14.4. The van der Waals surface area contributed by atoms with Crippen molar-refractivity contribution in [3.05, 3.63) is 70.4 Å². The maximum absolute atomic E-state index is 12.5. The summed E-state index contributed by atoms with van der Waals surface area (Å²) in [7, 11) is 1.59. The van der Waals surface area contributed by atoms with Crippen LogP contribution in [-0.4, -0.2) is 24.8 Å². The van der Waals surface area contributed by atoms with Crippen LogP contribution in [0.4, 0.5) is 0 Å². The van der Waals surface area contributed by atoms with Crippen LogP contribution in [0.2, 0.25) is 0 Å². The lowest BCUT2D eigenvalue weighted by molar-refractivity contribution is -0.139. The Kier molecular flexibility index (Phi) is 6.95. The molecule has 0 saturated carbocycles. The first-order valence-electron chi connectivity index (χ1n) is 9.74. The third-order valence-corrected chi connectivity index (χ3v) is 5.02. The molecule has 0 bridgehead atoms. The van der Waals surface area contributed by atoms with E-state index in [0.29, 0.717) is 41.1 Å². The fraction of sp³-hybridized carbons (Fsp3) is 0.304. The van der Waals surface area contributed by atoms with E-state index in [1.54, 1.807) is 14.0 Å². The molecule has 1 aliphatic rings. The molecule has 0 amide bonds. The Morgan fingerprint density at radius 3 is 2.50 bits per heavy atom. The number of benzene rings is 2. The molecule has 0 aromatic heterocycles. The highest BCUT2D eigenvalue weighted by Crippen LogP contribution is 2.35. The summed E-state index contributed by atoms with van der Waals surface area (Å²) in [6.07, 6.45) is 0. The highest BCUT2D eigenvalue weighted by atomic mass is 32.1. The number of hydrogen-bond donors (Lipinski definition) is 2. The summed E-state index contributed by atoms with van der Waals surface area (Å²) in [6.45, 7) is 6.36. The fourth-order valence-corrected chi connectivity index (χ4v) is 3.52. The summed E-state index contributed by atoms with van der Waals surface area (Å²) in [5.74, 6) is 0.810. The van der Waals surface area contributed by atoms with Crippen molar-refractivity contribution in [3.8, 4) is 11.5 Å². The highest BCUT2D eigenvalue weighted by molar-refractivity contribution is 7.80. The lowest BCUT2D eigenvalue weighted by Gasteiger charge is -2.30. The van der Waals surface area contributed by atoms with Crippen LogP contribution < -0.4 is 20.1 Å². The maximum atomic E-state index is 12.5. The zero-order chi connectivity index (χ0) is 21.7. The van der Waals surface area contributed by atoms with E-state index in [0.717, 1.165) is 11.1 Å². The van der Waals surface area contributed by atoms with Gasteiger partial charge >= 0.3 is 5.97 Å². The van der Waals surface area contributed by atoms with Gasteiger partial charge in [-0.2, -0.15) is 0 Å². The minimum Gasteiger partial charge on any atom is -0.493 e. The summed E-state index contributed by atoms with van der Waals surface area (Å²) >= 11 is 5.29. The van der Waals surface area contributed by atoms with E-state index in [4.69, 9.17) is 26.4 Å². The number of rotatable bonds is 7. The molecule has 30 heavy (non-hydrogen) atoms. The quantitative estimate of drug-likeness (QED) is 0.513. The SMILES string of the molecule is CCOC(=O)C1=C(C)NC(=S)N[C@H]1c1ccc(OCc2ccc(C)cc2)c(OC)c1. The Bertz CT molecular complexity index is 970. The Balaban J connectivity index is 1.86. The summed E-state index contributed by atoms with van der Waals surface area (Å²) in [5, 5.41) is 6.59. The van der Waals surface area contributed by atoms with E-state index in [-0.39, 0.29) is 5.97 Å². The third kappa shape index (κ3) is 4.91. The lowest BCUT2D eigenvalue weighted by atomic mass is 9.95. The molecule has 0 fully saturated rings. The number of carbonyl (C=O) groups is 1. The van der Waals surface area contributed by atoms with Gasteiger partial charge in [0.05, 0.1) is 25.3 Å². The van der Waals surface area contributed by atoms with Gasteiger partial charge in [0.15, 0.2) is 16.6 Å². The van der Waals surface area contributed by atoms with Crippen molar-refractivity contribution in [2.24, 2.45) is 0 Å². The molecule has 0 saturated heterocycles. The van der Waals surface area contributed by atoms with Gasteiger partial charge in [0.1, 0.15) is 6.61 Å². The average Bonchev–Trinajstić information content (AvgIpc) is 2.72. The number of esters is 1. The van der Waals surface area contributed by atoms with Gasteiger partial charge in [0.25, 0.3) is 0 Å². The number of carbonyl (C=O) groups excluding carboxylic acids is 1. The van der Waals surface area contributed by atoms with Crippen molar-refractivity contribution in [1.29, 1.82) is 0 Å². The van der Waals surface area contributed by atoms with Crippen LogP contribution in [0.25, 0.3) is 0 Å². The number of thiocarbonyl (C=S) groups is 1. The molecule has 6 nitrogen and oxygen atoms in total. The van der Waals surface area contributed by atoms with Crippen molar-refractivity contribution < 1.29 is 19.0 Å². The molecule has 1 atom stereocenters. The van der Waals surface area contributed by atoms with Crippen molar-refractivity contribution in [1.82, 2.24) is 10.6 Å². The van der Waals surface area contributed by atoms with E-state index in [1.807, 2.05) is 44.2 Å². The smallest absolute Gasteiger partial charge is 0.338 e. The van der Waals surface area contributed by atoms with E-state index in [2.05, 4.69) is 22.8 Å². The second kappa shape index (κ2) is 9.63. The van der Waals surface area contributed by atoms with Crippen LogP contribution in [0.3, 0.4) is 0 Å². The first kappa shape index (κ1) is 21.6. The molecule has 7 heteroatoms. The zero-order valence-electron chi connectivity index (χ0n) is 17.6. The fourth-order valence-electron chi connectivity index (χ4n) is 3.25. The average molecular weight is 427 g/mol. The second-order valence-corrected chi connectivity index (χ2v) is 7.38. The normalized spacial score (nSPS) is 15.9. The summed E-state index contributed by atoms with van der Waals surface area (Å²) in [5.41, 5.74) is 4.25. The van der Waals surface area contributed by atoms with E-state index < -0.39 is 6.04 Å². The predicted octanol–water partition coefficient (Wildman–Crippen LogP) is 3.94. The van der Waals surface area contributed by atoms with Gasteiger partial charge in [-0.3, -0.25) is 0 Å². The molecule has 0 spiro atoms. The van der Waals surface area contributed by atoms with Gasteiger partial charge in [-0.25, -0.2) is 4.79 Å². The number of nitrogens with one attached hydrogen (secondary N) is 2. The van der Waals surface area contributed by atoms with Gasteiger partial charge in [-0.1, -0.05) is 35.9 Å². The van der Waals surface area contributed by atoms with Crippen molar-refractivity contribution in [2.45, 2.75) is 33.4 Å². The van der Waals surface area contributed by atoms with Crippen LogP contribution in [-0.2, 0) is 16.1 Å². The van der Waals surface area contributed by atoms with Gasteiger partial charge < -0.3 is 24.8 Å². The minimum absolute atomic E-state index is 0.294. The molecular formula is C23H26N2O4S. The van der Waals surface area contributed by atoms with Crippen LogP contribution >= 0.6 is 12.2 Å². The van der Waals surface area contributed by atoms with E-state index in [1.165, 1.54) is 5.56 Å². The Morgan fingerprint density at radius 1 is 1.10 bits per heavy atom. The molecule has 2 aromatic carbocycles. The molecule has 0 unspecified atom stereocenters. The number of hydrogen-bond acceptors (Lipinski definition) is 5. The van der Waals surface area contributed by atoms with Gasteiger partial charge in [0, 0.05) is 5.70 Å². The molecule has 2 aromatic rings. The molecule has 1 aliphatic heterocycles. The third-order valence-electron chi connectivity index (χ3n) is 4.80. The number of aryl methyl sites for hydroxylation is 1. The van der Waals surface area contributed by atoms with E-state index in [9.17, 15) is 4.79 Å². The molecular weight excluding hydrogens is 400 g/mol. The van der Waals surface area contributed by atoms with Crippen LogP contribution in [0, 0.1) is 6.92 Å². The second-order valence-electron chi connectivity index (χ2n) is 6.98. The maximum Gasteiger partial charge on any atom is 0.338 e. The Hall–Kier alpha value is -3.06. The molecule has 2 N–H and O–H groups in total. The minimum atomic E-state index is -0.446. The number of allylic oxidation sites excluding steroid dienone is 1. The summed E-state index contributed by atoms with van der Waals surface area (Å²) in [6, 6.07) is 13.3. The van der Waals surface area contributed by atoms with Crippen LogP contribution in [0.5, 0.6) is 11.5 Å². The molecule has 0 radical (unpaired) electrons. The van der Waals surface area contributed by atoms with Crippen molar-refractivity contribution >= 4 is 23.3 Å². The Morgan fingerprint density at radius 2 is 1.83 bits per heavy atom. The Labute approximate surface area is 182 Å². The monoisotopic (exact) mass is 426 g/mol. The van der Waals surface area contributed by atoms with E-state index >= 15 is 0 Å². The number of ether oxygens (including phenoxy) is 3.